The summed E-state index contributed by atoms with van der Waals surface area (Å²) in [5, 5.41) is 8.49. The monoisotopic (exact) mass is 263 g/mol. The zero-order valence-electron chi connectivity index (χ0n) is 10.8. The van der Waals surface area contributed by atoms with Crippen molar-refractivity contribution in [3.05, 3.63) is 35.6 Å². The van der Waals surface area contributed by atoms with Gasteiger partial charge >= 0.3 is 0 Å². The first-order chi connectivity index (χ1) is 9.27. The highest BCUT2D eigenvalue weighted by Crippen LogP contribution is 1.95. The fraction of sp³-hybridized carbons (Fsp3) is 0.417. The Balaban J connectivity index is 2.44. The van der Waals surface area contributed by atoms with E-state index in [4.69, 9.17) is 10.3 Å². The largest absolute Gasteiger partial charge is 0.446 e. The van der Waals surface area contributed by atoms with Gasteiger partial charge < -0.3 is 20.7 Å². The molecule has 19 heavy (non-hydrogen) atoms. The van der Waals surface area contributed by atoms with Gasteiger partial charge in [0.15, 0.2) is 12.4 Å². The summed E-state index contributed by atoms with van der Waals surface area (Å²) in [5.74, 6) is -0.0813. The van der Waals surface area contributed by atoms with E-state index < -0.39 is 0 Å². The van der Waals surface area contributed by atoms with Gasteiger partial charge in [0.05, 0.1) is 12.0 Å². The van der Waals surface area contributed by atoms with E-state index in [2.05, 4.69) is 22.6 Å². The van der Waals surface area contributed by atoms with Crippen molar-refractivity contribution < 1.29 is 14.1 Å². The molecule has 0 aliphatic heterocycles. The van der Waals surface area contributed by atoms with E-state index in [1.165, 1.54) is 0 Å². The average Bonchev–Trinajstić information content (AvgIpc) is 2.44. The van der Waals surface area contributed by atoms with E-state index >= 15 is 0 Å². The number of nitrogens with zero attached hydrogens (tertiary/aromatic N) is 4. The lowest BCUT2D eigenvalue weighted by molar-refractivity contribution is -0.726. The molecule has 0 unspecified atom stereocenters. The van der Waals surface area contributed by atoms with Crippen molar-refractivity contribution in [1.29, 1.82) is 0 Å². The van der Waals surface area contributed by atoms with Gasteiger partial charge in [-0.25, -0.2) is 0 Å². The van der Waals surface area contributed by atoms with Crippen LogP contribution in [0.4, 0.5) is 0 Å². The molecule has 0 saturated heterocycles. The molecule has 7 nitrogen and oxygen atoms in total. The minimum atomic E-state index is -0.0813. The third kappa shape index (κ3) is 5.71. The molecular formula is C12H17N5O2. The van der Waals surface area contributed by atoms with E-state index in [1.807, 2.05) is 0 Å². The number of carbonyl (C=O) groups is 1. The third-order valence-electron chi connectivity index (χ3n) is 2.37. The van der Waals surface area contributed by atoms with Gasteiger partial charge in [0.2, 0.25) is 0 Å². The van der Waals surface area contributed by atoms with Gasteiger partial charge in [0.25, 0.3) is 12.6 Å². The zero-order chi connectivity index (χ0) is 13.9. The number of ether oxygens (including phenoxy) is 1. The summed E-state index contributed by atoms with van der Waals surface area (Å²) in [6.45, 7) is 2.98. The van der Waals surface area contributed by atoms with Crippen LogP contribution in [0, 0.1) is 0 Å². The third-order valence-corrected chi connectivity index (χ3v) is 2.37. The minimum Gasteiger partial charge on any atom is -0.446 e. The SMILES string of the molecule is CCCCNC(=O)c1cc[n+](CO/C=N/N=[N-])cc1. The second-order valence-electron chi connectivity index (χ2n) is 3.82. The van der Waals surface area contributed by atoms with Crippen molar-refractivity contribution in [3.63, 3.8) is 0 Å². The zero-order valence-corrected chi connectivity index (χ0v) is 10.8. The number of hydrogen-bond donors (Lipinski definition) is 1. The highest BCUT2D eigenvalue weighted by Gasteiger charge is 2.07. The molecule has 0 fully saturated rings. The maximum absolute atomic E-state index is 11.7. The van der Waals surface area contributed by atoms with Gasteiger partial charge in [-0.3, -0.25) is 10.0 Å². The Hall–Kier alpha value is -2.31. The van der Waals surface area contributed by atoms with Crippen LogP contribution < -0.4 is 9.88 Å². The number of unbranched alkanes of at least 4 members (excludes halogenated alkanes) is 1. The first kappa shape index (κ1) is 14.7. The van der Waals surface area contributed by atoms with Crippen LogP contribution in [0.15, 0.2) is 34.9 Å². The lowest BCUT2D eigenvalue weighted by atomic mass is 10.2. The molecule has 1 N–H and O–H groups in total. The number of rotatable bonds is 8. The Morgan fingerprint density at radius 3 is 2.89 bits per heavy atom. The molecule has 0 saturated carbocycles. The van der Waals surface area contributed by atoms with Crippen LogP contribution in [-0.2, 0) is 11.5 Å². The van der Waals surface area contributed by atoms with Crippen LogP contribution in [0.1, 0.15) is 30.1 Å². The van der Waals surface area contributed by atoms with Gasteiger partial charge in [-0.2, -0.15) is 4.57 Å². The Labute approximate surface area is 111 Å². The quantitative estimate of drug-likeness (QED) is 0.192. The standard InChI is InChI=1S/C12H17N5O2/c1-2-3-6-14-12(18)11-4-7-17(8-5-11)10-19-9-15-16-13/h4-5,7-9H,2-3,6,10H2,1H3,(H,14,18)/b15-9+. The fourth-order valence-electron chi connectivity index (χ4n) is 1.35. The molecule has 0 aliphatic carbocycles. The second kappa shape index (κ2) is 8.73. The van der Waals surface area contributed by atoms with Gasteiger partial charge in [-0.1, -0.05) is 13.3 Å². The number of amides is 1. The highest BCUT2D eigenvalue weighted by atomic mass is 16.5. The molecular weight excluding hydrogens is 246 g/mol. The summed E-state index contributed by atoms with van der Waals surface area (Å²) in [4.78, 5) is 11.7. The average molecular weight is 263 g/mol. The first-order valence-electron chi connectivity index (χ1n) is 6.02. The van der Waals surface area contributed by atoms with Gasteiger partial charge in [0, 0.05) is 18.7 Å². The molecule has 1 heterocycles. The predicted octanol–water partition coefficient (Wildman–Crippen LogP) is 1.44. The topological polar surface area (TPSA) is 89.2 Å². The van der Waals surface area contributed by atoms with Gasteiger partial charge in [-0.05, 0) is 6.42 Å². The second-order valence-corrected chi connectivity index (χ2v) is 3.82. The Bertz CT molecular complexity index is 430. The summed E-state index contributed by atoms with van der Waals surface area (Å²) in [7, 11) is 0. The molecule has 1 rings (SSSR count). The van der Waals surface area contributed by atoms with Crippen LogP contribution >= 0.6 is 0 Å². The van der Waals surface area contributed by atoms with E-state index in [-0.39, 0.29) is 12.6 Å². The molecule has 0 aromatic carbocycles. The molecule has 0 spiro atoms. The first-order valence-corrected chi connectivity index (χ1v) is 6.02. The molecule has 0 radical (unpaired) electrons. The lowest BCUT2D eigenvalue weighted by Crippen LogP contribution is -2.35. The van der Waals surface area contributed by atoms with Crippen molar-refractivity contribution in [3.8, 4) is 0 Å². The number of carbonyl (C=O) groups excluding carboxylic acids is 1. The van der Waals surface area contributed by atoms with Crippen molar-refractivity contribution in [2.24, 2.45) is 10.3 Å². The molecule has 1 aromatic heterocycles. The van der Waals surface area contributed by atoms with Crippen molar-refractivity contribution in [2.75, 3.05) is 6.54 Å². The highest BCUT2D eigenvalue weighted by molar-refractivity contribution is 5.93. The Kier molecular flexibility index (Phi) is 6.78. The van der Waals surface area contributed by atoms with Crippen molar-refractivity contribution in [1.82, 2.24) is 5.32 Å². The molecule has 0 bridgehead atoms. The molecule has 102 valence electrons. The summed E-state index contributed by atoms with van der Waals surface area (Å²) in [5.41, 5.74) is 8.65. The molecule has 0 atom stereocenters. The number of nitrogens with one attached hydrogen (secondary N) is 1. The van der Waals surface area contributed by atoms with Crippen LogP contribution in [0.2, 0.25) is 0 Å². The van der Waals surface area contributed by atoms with E-state index in [1.54, 1.807) is 29.1 Å². The van der Waals surface area contributed by atoms with Crippen LogP contribution in [-0.4, -0.2) is 18.9 Å². The van der Waals surface area contributed by atoms with E-state index in [9.17, 15) is 4.79 Å². The maximum atomic E-state index is 11.7. The lowest BCUT2D eigenvalue weighted by Gasteiger charge is -2.03. The molecule has 1 amide bonds. The van der Waals surface area contributed by atoms with Gasteiger partial charge in [0.1, 0.15) is 0 Å². The Morgan fingerprint density at radius 2 is 2.26 bits per heavy atom. The summed E-state index contributed by atoms with van der Waals surface area (Å²) >= 11 is 0. The number of aromatic nitrogens is 1. The van der Waals surface area contributed by atoms with Gasteiger partial charge in [-0.15, -0.1) is 0 Å². The van der Waals surface area contributed by atoms with Crippen LogP contribution in [0.25, 0.3) is 5.53 Å². The maximum Gasteiger partial charge on any atom is 0.290 e. The van der Waals surface area contributed by atoms with E-state index in [0.717, 1.165) is 19.2 Å². The number of pyridine rings is 1. The Morgan fingerprint density at radius 1 is 1.53 bits per heavy atom. The smallest absolute Gasteiger partial charge is 0.290 e. The van der Waals surface area contributed by atoms with Crippen molar-refractivity contribution in [2.45, 2.75) is 26.5 Å². The summed E-state index contributed by atoms with van der Waals surface area (Å²) in [6.07, 6.45) is 6.49. The molecule has 7 heteroatoms. The van der Waals surface area contributed by atoms with Crippen molar-refractivity contribution >= 4 is 12.3 Å². The normalized spacial score (nSPS) is 10.4. The van der Waals surface area contributed by atoms with Crippen LogP contribution in [0.3, 0.4) is 0 Å². The molecule has 0 aliphatic rings. The number of hydrogen-bond acceptors (Lipinski definition) is 3. The summed E-state index contributed by atoms with van der Waals surface area (Å²) < 4.78 is 6.67. The van der Waals surface area contributed by atoms with E-state index in [0.29, 0.717) is 12.1 Å². The minimum absolute atomic E-state index is 0.0813. The fourth-order valence-corrected chi connectivity index (χ4v) is 1.35. The molecule has 1 aromatic rings. The van der Waals surface area contributed by atoms with Crippen LogP contribution in [0.5, 0.6) is 0 Å². The summed E-state index contributed by atoms with van der Waals surface area (Å²) in [6, 6.07) is 3.41. The predicted molar refractivity (Wildman–Crippen MR) is 69.2 cm³/mol.